The van der Waals surface area contributed by atoms with E-state index in [1.165, 1.54) is 25.7 Å². The van der Waals surface area contributed by atoms with Gasteiger partial charge in [-0.25, -0.2) is 0 Å². The summed E-state index contributed by atoms with van der Waals surface area (Å²) in [7, 11) is 0. The lowest BCUT2D eigenvalue weighted by atomic mass is 9.70. The summed E-state index contributed by atoms with van der Waals surface area (Å²) < 4.78 is 0. The second kappa shape index (κ2) is 5.88. The van der Waals surface area contributed by atoms with E-state index in [9.17, 15) is 4.79 Å². The van der Waals surface area contributed by atoms with Crippen molar-refractivity contribution in [1.82, 2.24) is 10.2 Å². The maximum absolute atomic E-state index is 13.4. The molecule has 23 heavy (non-hydrogen) atoms. The van der Waals surface area contributed by atoms with Crippen LogP contribution in [-0.2, 0) is 4.79 Å². The van der Waals surface area contributed by atoms with Gasteiger partial charge in [0.15, 0.2) is 0 Å². The molecule has 3 rings (SSSR count). The summed E-state index contributed by atoms with van der Waals surface area (Å²) in [4.78, 5) is 15.5. The van der Waals surface area contributed by atoms with Crippen molar-refractivity contribution < 1.29 is 4.79 Å². The predicted octanol–water partition coefficient (Wildman–Crippen LogP) is 2.77. The average Bonchev–Trinajstić information content (AvgIpc) is 3.14. The number of piperidine rings is 1. The van der Waals surface area contributed by atoms with Crippen LogP contribution in [0, 0.1) is 17.3 Å². The summed E-state index contributed by atoms with van der Waals surface area (Å²) in [6.45, 7) is 13.1. The molecular weight excluding hydrogens is 286 g/mol. The van der Waals surface area contributed by atoms with E-state index in [1.807, 2.05) is 0 Å². The van der Waals surface area contributed by atoms with Crippen LogP contribution >= 0.6 is 0 Å². The first-order valence-electron chi connectivity index (χ1n) is 9.00. The summed E-state index contributed by atoms with van der Waals surface area (Å²) in [5.74, 6) is 1.91. The molecule has 3 fully saturated rings. The van der Waals surface area contributed by atoms with Gasteiger partial charge in [0.2, 0.25) is 5.91 Å². The number of hydrogen-bond acceptors (Lipinski definition) is 3. The van der Waals surface area contributed by atoms with Crippen molar-refractivity contribution in [3.8, 4) is 0 Å². The van der Waals surface area contributed by atoms with Crippen molar-refractivity contribution >= 4 is 5.91 Å². The third-order valence-corrected chi connectivity index (χ3v) is 6.21. The number of carbonyl (C=O) groups is 1. The number of nitrogens with two attached hydrogens (primary N) is 1. The molecule has 4 nitrogen and oxygen atoms in total. The minimum atomic E-state index is -0.264. The Balaban J connectivity index is 1.82. The molecule has 0 bridgehead atoms. The van der Waals surface area contributed by atoms with Gasteiger partial charge >= 0.3 is 0 Å². The molecular formula is C19H31N3O. The summed E-state index contributed by atoms with van der Waals surface area (Å²) in [6.07, 6.45) is 7.04. The van der Waals surface area contributed by atoms with Gasteiger partial charge in [-0.15, -0.1) is 0 Å². The fourth-order valence-corrected chi connectivity index (χ4v) is 4.86. The first kappa shape index (κ1) is 16.4. The van der Waals surface area contributed by atoms with Crippen LogP contribution in [0.4, 0.5) is 0 Å². The molecule has 2 unspecified atom stereocenters. The fraction of sp³-hybridized carbons (Fsp3) is 0.737. The molecule has 2 saturated carbocycles. The van der Waals surface area contributed by atoms with E-state index in [2.05, 4.69) is 37.2 Å². The van der Waals surface area contributed by atoms with E-state index in [0.29, 0.717) is 17.7 Å². The van der Waals surface area contributed by atoms with Crippen molar-refractivity contribution in [2.75, 3.05) is 6.54 Å². The average molecular weight is 317 g/mol. The fourth-order valence-electron chi connectivity index (χ4n) is 4.86. The van der Waals surface area contributed by atoms with Gasteiger partial charge in [-0.1, -0.05) is 44.9 Å². The van der Waals surface area contributed by atoms with E-state index >= 15 is 0 Å². The van der Waals surface area contributed by atoms with Gasteiger partial charge in [-0.2, -0.15) is 0 Å². The Morgan fingerprint density at radius 2 is 1.96 bits per heavy atom. The highest BCUT2D eigenvalue weighted by Gasteiger charge is 2.56. The first-order valence-corrected chi connectivity index (χ1v) is 9.00. The number of fused-ring (bicyclic) bond motifs is 1. The normalized spacial score (nSPS) is 32.8. The van der Waals surface area contributed by atoms with E-state index < -0.39 is 0 Å². The topological polar surface area (TPSA) is 58.4 Å². The summed E-state index contributed by atoms with van der Waals surface area (Å²) >= 11 is 0. The number of hydrogen-bond donors (Lipinski definition) is 2. The zero-order valence-electron chi connectivity index (χ0n) is 14.6. The number of nitrogens with zero attached hydrogens (tertiary/aromatic N) is 1. The molecule has 1 aliphatic heterocycles. The Hall–Kier alpha value is -1.45. The highest BCUT2D eigenvalue weighted by Crippen LogP contribution is 2.52. The smallest absolute Gasteiger partial charge is 0.246 e. The molecule has 4 atom stereocenters. The molecule has 0 aromatic heterocycles. The molecule has 0 aromatic rings. The molecule has 0 radical (unpaired) electrons. The number of likely N-dealkylation sites (tertiary alicyclic amines) is 1. The highest BCUT2D eigenvalue weighted by molar-refractivity contribution is 5.84. The van der Waals surface area contributed by atoms with Gasteiger partial charge < -0.3 is 16.0 Å². The lowest BCUT2D eigenvalue weighted by Crippen LogP contribution is -2.57. The largest absolute Gasteiger partial charge is 0.386 e. The van der Waals surface area contributed by atoms with Gasteiger partial charge in [0.05, 0.1) is 11.9 Å². The third-order valence-electron chi connectivity index (χ3n) is 6.21. The molecule has 1 amide bonds. The Kier molecular flexibility index (Phi) is 4.19. The first-order chi connectivity index (χ1) is 10.8. The van der Waals surface area contributed by atoms with E-state index in [0.717, 1.165) is 25.0 Å². The van der Waals surface area contributed by atoms with Crippen molar-refractivity contribution in [2.24, 2.45) is 23.0 Å². The van der Waals surface area contributed by atoms with Gasteiger partial charge in [0.1, 0.15) is 6.04 Å². The van der Waals surface area contributed by atoms with Gasteiger partial charge in [0.25, 0.3) is 0 Å². The quantitative estimate of drug-likeness (QED) is 0.767. The highest BCUT2D eigenvalue weighted by atomic mass is 16.2. The Labute approximate surface area is 140 Å². The van der Waals surface area contributed by atoms with Crippen LogP contribution in [0.1, 0.15) is 52.4 Å². The lowest BCUT2D eigenvalue weighted by Gasteiger charge is -2.43. The molecule has 0 aromatic carbocycles. The Morgan fingerprint density at radius 3 is 2.52 bits per heavy atom. The maximum atomic E-state index is 13.4. The summed E-state index contributed by atoms with van der Waals surface area (Å²) in [5.41, 5.74) is 6.91. The minimum Gasteiger partial charge on any atom is -0.386 e. The van der Waals surface area contributed by atoms with Crippen LogP contribution in [0.2, 0.25) is 0 Å². The van der Waals surface area contributed by atoms with E-state index in [4.69, 9.17) is 5.73 Å². The SMILES string of the molecule is C=C(N)NC(C(=O)N1C[C@@H]2C[C@@H]2C1C(=C)C)C1(C)CCCCC1. The third kappa shape index (κ3) is 3.00. The van der Waals surface area contributed by atoms with E-state index in [-0.39, 0.29) is 23.4 Å². The van der Waals surface area contributed by atoms with Crippen LogP contribution in [0.15, 0.2) is 24.6 Å². The Morgan fingerprint density at radius 1 is 1.30 bits per heavy atom. The second-order valence-electron chi connectivity index (χ2n) is 8.26. The minimum absolute atomic E-state index is 0.0377. The van der Waals surface area contributed by atoms with Gasteiger partial charge in [0, 0.05) is 6.54 Å². The van der Waals surface area contributed by atoms with Gasteiger partial charge in [-0.05, 0) is 43.4 Å². The van der Waals surface area contributed by atoms with Crippen molar-refractivity contribution in [2.45, 2.75) is 64.5 Å². The molecule has 128 valence electrons. The number of carbonyl (C=O) groups excluding carboxylic acids is 1. The zero-order valence-corrected chi connectivity index (χ0v) is 14.6. The van der Waals surface area contributed by atoms with Crippen LogP contribution in [-0.4, -0.2) is 29.4 Å². The van der Waals surface area contributed by atoms with Crippen LogP contribution in [0.5, 0.6) is 0 Å². The van der Waals surface area contributed by atoms with Crippen LogP contribution < -0.4 is 11.1 Å². The lowest BCUT2D eigenvalue weighted by molar-refractivity contribution is -0.138. The van der Waals surface area contributed by atoms with Crippen LogP contribution in [0.3, 0.4) is 0 Å². The molecule has 1 heterocycles. The van der Waals surface area contributed by atoms with Crippen LogP contribution in [0.25, 0.3) is 0 Å². The van der Waals surface area contributed by atoms with Crippen molar-refractivity contribution in [3.63, 3.8) is 0 Å². The molecule has 3 aliphatic rings. The monoisotopic (exact) mass is 317 g/mol. The molecule has 2 aliphatic carbocycles. The van der Waals surface area contributed by atoms with E-state index in [1.54, 1.807) is 0 Å². The molecule has 3 N–H and O–H groups in total. The number of rotatable bonds is 5. The Bertz CT molecular complexity index is 521. The van der Waals surface area contributed by atoms with Crippen molar-refractivity contribution in [1.29, 1.82) is 0 Å². The predicted molar refractivity (Wildman–Crippen MR) is 93.4 cm³/mol. The maximum Gasteiger partial charge on any atom is 0.246 e. The number of amides is 1. The molecule has 0 spiro atoms. The molecule has 1 saturated heterocycles. The van der Waals surface area contributed by atoms with Crippen molar-refractivity contribution in [3.05, 3.63) is 24.6 Å². The second-order valence-corrected chi connectivity index (χ2v) is 8.26. The summed E-state index contributed by atoms with van der Waals surface area (Å²) in [5, 5.41) is 3.22. The standard InChI is InChI=1S/C19H31N3O/c1-12(2)16-15-10-14(15)11-22(16)18(23)17(21-13(3)20)19(4)8-6-5-7-9-19/h14-17,21H,1,3,5-11,20H2,2,4H3/t14-,15-,16?,17?/m0/s1. The molecule has 4 heteroatoms. The summed E-state index contributed by atoms with van der Waals surface area (Å²) in [6, 6.07) is -0.0466. The van der Waals surface area contributed by atoms with Gasteiger partial charge in [-0.3, -0.25) is 4.79 Å². The zero-order chi connectivity index (χ0) is 16.8. The number of nitrogens with one attached hydrogen (secondary N) is 1.